The molecule has 2 heterocycles. The van der Waals surface area contributed by atoms with E-state index in [0.29, 0.717) is 27.1 Å². The molecule has 0 aliphatic heterocycles. The number of carbonyl (C=O) groups is 2. The van der Waals surface area contributed by atoms with Gasteiger partial charge in [-0.1, -0.05) is 0 Å². The van der Waals surface area contributed by atoms with Crippen molar-refractivity contribution in [3.05, 3.63) is 46.7 Å². The number of nitrogens with two attached hydrogens (primary N) is 1. The van der Waals surface area contributed by atoms with E-state index in [4.69, 9.17) is 19.6 Å². The summed E-state index contributed by atoms with van der Waals surface area (Å²) in [5.74, 6) is 0.0678. The van der Waals surface area contributed by atoms with Crippen LogP contribution in [0.4, 0.5) is 5.69 Å². The molecule has 2 amide bonds. The van der Waals surface area contributed by atoms with Crippen molar-refractivity contribution in [1.82, 2.24) is 4.98 Å². The number of furan rings is 1. The lowest BCUT2D eigenvalue weighted by Crippen LogP contribution is -2.19. The van der Waals surface area contributed by atoms with Crippen molar-refractivity contribution in [2.24, 2.45) is 5.73 Å². The fourth-order valence-corrected chi connectivity index (χ4v) is 3.36. The summed E-state index contributed by atoms with van der Waals surface area (Å²) in [6.07, 6.45) is 1.54. The molecule has 27 heavy (non-hydrogen) atoms. The number of hydrogen-bond acceptors (Lipinski definition) is 7. The minimum Gasteiger partial charge on any atom is -0.493 e. The number of anilines is 1. The van der Waals surface area contributed by atoms with Gasteiger partial charge in [0, 0.05) is 10.9 Å². The molecule has 0 bridgehead atoms. The Morgan fingerprint density at radius 2 is 1.93 bits per heavy atom. The first-order valence-corrected chi connectivity index (χ1v) is 8.64. The molecule has 3 rings (SSSR count). The van der Waals surface area contributed by atoms with Gasteiger partial charge >= 0.3 is 0 Å². The Hall–Kier alpha value is -3.33. The van der Waals surface area contributed by atoms with Gasteiger partial charge in [-0.25, -0.2) is 4.98 Å². The molecule has 0 radical (unpaired) electrons. The monoisotopic (exact) mass is 387 g/mol. The number of rotatable bonds is 6. The van der Waals surface area contributed by atoms with Gasteiger partial charge in [-0.2, -0.15) is 0 Å². The van der Waals surface area contributed by atoms with Crippen molar-refractivity contribution < 1.29 is 23.5 Å². The Morgan fingerprint density at radius 3 is 2.52 bits per heavy atom. The second kappa shape index (κ2) is 7.50. The van der Waals surface area contributed by atoms with E-state index in [-0.39, 0.29) is 16.9 Å². The Kier molecular flexibility index (Phi) is 5.13. The summed E-state index contributed by atoms with van der Waals surface area (Å²) in [6.45, 7) is 1.78. The Morgan fingerprint density at radius 1 is 1.22 bits per heavy atom. The van der Waals surface area contributed by atoms with Crippen LogP contribution in [0.2, 0.25) is 0 Å². The topological polar surface area (TPSA) is 117 Å². The number of carbonyl (C=O) groups excluding carboxylic acids is 2. The number of primary amides is 1. The van der Waals surface area contributed by atoms with E-state index in [1.165, 1.54) is 44.0 Å². The van der Waals surface area contributed by atoms with Gasteiger partial charge in [-0.3, -0.25) is 9.59 Å². The SMILES string of the molecule is COc1cc(NC(=O)c2nc(-c3ccco3)sc2C)c(C(N)=O)cc1OC. The molecule has 9 heteroatoms. The van der Waals surface area contributed by atoms with Gasteiger partial charge in [0.1, 0.15) is 5.69 Å². The van der Waals surface area contributed by atoms with Crippen LogP contribution >= 0.6 is 11.3 Å². The number of ether oxygens (including phenoxy) is 2. The predicted octanol–water partition coefficient (Wildman–Crippen LogP) is 3.08. The third-order valence-electron chi connectivity index (χ3n) is 3.78. The van der Waals surface area contributed by atoms with Crippen molar-refractivity contribution in [3.8, 4) is 22.3 Å². The van der Waals surface area contributed by atoms with Crippen LogP contribution in [0.5, 0.6) is 11.5 Å². The molecule has 0 unspecified atom stereocenters. The van der Waals surface area contributed by atoms with Crippen LogP contribution in [0, 0.1) is 6.92 Å². The maximum absolute atomic E-state index is 12.7. The number of aryl methyl sites for hydroxylation is 1. The highest BCUT2D eigenvalue weighted by molar-refractivity contribution is 7.15. The Balaban J connectivity index is 1.95. The lowest BCUT2D eigenvalue weighted by Gasteiger charge is -2.13. The third kappa shape index (κ3) is 3.63. The first-order valence-electron chi connectivity index (χ1n) is 7.83. The van der Waals surface area contributed by atoms with Crippen LogP contribution in [-0.2, 0) is 0 Å². The number of amides is 2. The lowest BCUT2D eigenvalue weighted by molar-refractivity contribution is 0.100. The van der Waals surface area contributed by atoms with Crippen LogP contribution in [0.25, 0.3) is 10.8 Å². The van der Waals surface area contributed by atoms with Crippen molar-refractivity contribution >= 4 is 28.8 Å². The standard InChI is InChI=1S/C18H17N3O5S/c1-9-15(21-18(27-9)12-5-4-6-26-12)17(23)20-11-8-14(25-3)13(24-2)7-10(11)16(19)22/h4-8H,1-3H3,(H2,19,22)(H,20,23). The summed E-state index contributed by atoms with van der Waals surface area (Å²) in [4.78, 5) is 29.6. The molecule has 0 atom stereocenters. The average molecular weight is 387 g/mol. The number of benzene rings is 1. The van der Waals surface area contributed by atoms with Gasteiger partial charge in [0.2, 0.25) is 0 Å². The number of hydrogen-bond donors (Lipinski definition) is 2. The van der Waals surface area contributed by atoms with Crippen molar-refractivity contribution in [2.45, 2.75) is 6.92 Å². The normalized spacial score (nSPS) is 10.5. The van der Waals surface area contributed by atoms with Crippen molar-refractivity contribution in [1.29, 1.82) is 0 Å². The third-order valence-corrected chi connectivity index (χ3v) is 4.77. The van der Waals surface area contributed by atoms with Gasteiger partial charge in [0.25, 0.3) is 11.8 Å². The first kappa shape index (κ1) is 18.5. The molecule has 8 nitrogen and oxygen atoms in total. The summed E-state index contributed by atoms with van der Waals surface area (Å²) >= 11 is 1.33. The zero-order valence-corrected chi connectivity index (χ0v) is 15.7. The smallest absolute Gasteiger partial charge is 0.275 e. The number of nitrogens with zero attached hydrogens (tertiary/aromatic N) is 1. The lowest BCUT2D eigenvalue weighted by atomic mass is 10.1. The van der Waals surface area contributed by atoms with Gasteiger partial charge in [-0.15, -0.1) is 11.3 Å². The van der Waals surface area contributed by atoms with E-state index < -0.39 is 11.8 Å². The molecule has 140 valence electrons. The minimum absolute atomic E-state index is 0.0974. The zero-order valence-electron chi connectivity index (χ0n) is 14.9. The molecular weight excluding hydrogens is 370 g/mol. The van der Waals surface area contributed by atoms with E-state index >= 15 is 0 Å². The van der Waals surface area contributed by atoms with Gasteiger partial charge in [0.15, 0.2) is 22.3 Å². The van der Waals surface area contributed by atoms with E-state index in [1.54, 1.807) is 19.1 Å². The molecule has 0 aliphatic rings. The summed E-state index contributed by atoms with van der Waals surface area (Å²) in [7, 11) is 2.89. The fraction of sp³-hybridized carbons (Fsp3) is 0.167. The highest BCUT2D eigenvalue weighted by atomic mass is 32.1. The van der Waals surface area contributed by atoms with Gasteiger partial charge < -0.3 is 24.9 Å². The molecule has 0 fully saturated rings. The number of thiazole rings is 1. The highest BCUT2D eigenvalue weighted by Crippen LogP contribution is 2.34. The Bertz CT molecular complexity index is 995. The van der Waals surface area contributed by atoms with Gasteiger partial charge in [0.05, 0.1) is 31.7 Å². The summed E-state index contributed by atoms with van der Waals surface area (Å²) in [5, 5.41) is 3.26. The predicted molar refractivity (Wildman–Crippen MR) is 101 cm³/mol. The maximum atomic E-state index is 12.7. The van der Waals surface area contributed by atoms with Crippen LogP contribution in [0.15, 0.2) is 34.9 Å². The van der Waals surface area contributed by atoms with Crippen LogP contribution in [-0.4, -0.2) is 31.0 Å². The molecule has 0 saturated carbocycles. The summed E-state index contributed by atoms with van der Waals surface area (Å²) in [6, 6.07) is 6.40. The molecule has 0 saturated heterocycles. The fourth-order valence-electron chi connectivity index (χ4n) is 2.48. The first-order chi connectivity index (χ1) is 12.9. The second-order valence-electron chi connectivity index (χ2n) is 5.47. The van der Waals surface area contributed by atoms with E-state index in [9.17, 15) is 9.59 Å². The minimum atomic E-state index is -0.711. The van der Waals surface area contributed by atoms with Crippen LogP contribution in [0.3, 0.4) is 0 Å². The van der Waals surface area contributed by atoms with Crippen LogP contribution < -0.4 is 20.5 Å². The molecule has 1 aromatic carbocycles. The summed E-state index contributed by atoms with van der Waals surface area (Å²) < 4.78 is 15.7. The van der Waals surface area contributed by atoms with Crippen molar-refractivity contribution in [3.63, 3.8) is 0 Å². The van der Waals surface area contributed by atoms with E-state index in [2.05, 4.69) is 10.3 Å². The largest absolute Gasteiger partial charge is 0.493 e. The van der Waals surface area contributed by atoms with Crippen LogP contribution in [0.1, 0.15) is 25.7 Å². The molecular formula is C18H17N3O5S. The molecule has 3 aromatic rings. The Labute approximate surface area is 158 Å². The second-order valence-corrected chi connectivity index (χ2v) is 6.68. The quantitative estimate of drug-likeness (QED) is 0.671. The molecule has 0 spiro atoms. The molecule has 2 aromatic heterocycles. The number of nitrogens with one attached hydrogen (secondary N) is 1. The van der Waals surface area contributed by atoms with Crippen molar-refractivity contribution in [2.75, 3.05) is 19.5 Å². The number of methoxy groups -OCH3 is 2. The van der Waals surface area contributed by atoms with E-state index in [0.717, 1.165) is 0 Å². The number of aromatic nitrogens is 1. The average Bonchev–Trinajstić information content (AvgIpc) is 3.30. The summed E-state index contributed by atoms with van der Waals surface area (Å²) in [5.41, 5.74) is 5.97. The molecule has 3 N–H and O–H groups in total. The molecule has 0 aliphatic carbocycles. The van der Waals surface area contributed by atoms with E-state index in [1.807, 2.05) is 0 Å². The van der Waals surface area contributed by atoms with Gasteiger partial charge in [-0.05, 0) is 25.1 Å². The highest BCUT2D eigenvalue weighted by Gasteiger charge is 2.21. The zero-order chi connectivity index (χ0) is 19.6. The maximum Gasteiger partial charge on any atom is 0.275 e.